The minimum absolute atomic E-state index is 0.0477. The molecule has 21 heavy (non-hydrogen) atoms. The smallest absolute Gasteiger partial charge is 0.262 e. The van der Waals surface area contributed by atoms with Gasteiger partial charge in [-0.1, -0.05) is 19.9 Å². The average Bonchev–Trinajstić information content (AvgIpc) is 2.46. The summed E-state index contributed by atoms with van der Waals surface area (Å²) in [6.07, 6.45) is 2.27. The van der Waals surface area contributed by atoms with Gasteiger partial charge in [0.2, 0.25) is 5.91 Å². The number of carbonyl (C=O) groups excluding carboxylic acids is 2. The summed E-state index contributed by atoms with van der Waals surface area (Å²) >= 11 is 0. The number of benzene rings is 1. The van der Waals surface area contributed by atoms with Crippen molar-refractivity contribution in [3.05, 3.63) is 23.8 Å². The molecule has 0 spiro atoms. The Bertz CT molecular complexity index is 522. The van der Waals surface area contributed by atoms with Crippen LogP contribution in [-0.4, -0.2) is 36.4 Å². The molecule has 1 aliphatic rings. The number of ether oxygens (including phenoxy) is 1. The van der Waals surface area contributed by atoms with Crippen LogP contribution in [-0.2, 0) is 16.0 Å². The molecule has 0 bridgehead atoms. The zero-order chi connectivity index (χ0) is 15.2. The van der Waals surface area contributed by atoms with Gasteiger partial charge in [-0.2, -0.15) is 0 Å². The lowest BCUT2D eigenvalue weighted by molar-refractivity contribution is -0.130. The van der Waals surface area contributed by atoms with Crippen LogP contribution in [0.5, 0.6) is 5.75 Å². The third kappa shape index (κ3) is 3.97. The van der Waals surface area contributed by atoms with Crippen molar-refractivity contribution in [1.82, 2.24) is 4.90 Å². The van der Waals surface area contributed by atoms with Crippen LogP contribution >= 0.6 is 0 Å². The van der Waals surface area contributed by atoms with Crippen molar-refractivity contribution in [2.75, 3.05) is 25.0 Å². The maximum Gasteiger partial charge on any atom is 0.262 e. The highest BCUT2D eigenvalue weighted by Crippen LogP contribution is 2.28. The molecule has 0 unspecified atom stereocenters. The van der Waals surface area contributed by atoms with Crippen molar-refractivity contribution in [3.8, 4) is 5.75 Å². The van der Waals surface area contributed by atoms with Crippen molar-refractivity contribution in [2.24, 2.45) is 0 Å². The quantitative estimate of drug-likeness (QED) is 0.874. The lowest BCUT2D eigenvalue weighted by Gasteiger charge is -2.22. The second kappa shape index (κ2) is 7.11. The fraction of sp³-hybridized carbons (Fsp3) is 0.500. The molecule has 0 atom stereocenters. The second-order valence-electron chi connectivity index (χ2n) is 5.22. The molecular weight excluding hydrogens is 268 g/mol. The molecule has 1 aromatic carbocycles. The summed E-state index contributed by atoms with van der Waals surface area (Å²) < 4.78 is 5.31. The van der Waals surface area contributed by atoms with Crippen molar-refractivity contribution in [1.29, 1.82) is 0 Å². The Kier molecular flexibility index (Phi) is 5.20. The summed E-state index contributed by atoms with van der Waals surface area (Å²) in [6, 6.07) is 5.51. The Morgan fingerprint density at radius 2 is 2.00 bits per heavy atom. The molecule has 1 heterocycles. The van der Waals surface area contributed by atoms with Gasteiger partial charge in [-0.3, -0.25) is 9.59 Å². The highest BCUT2D eigenvalue weighted by molar-refractivity contribution is 5.95. The number of anilines is 1. The molecule has 5 nitrogen and oxygen atoms in total. The van der Waals surface area contributed by atoms with E-state index in [0.29, 0.717) is 17.9 Å². The molecule has 0 aromatic heterocycles. The molecule has 0 aliphatic carbocycles. The van der Waals surface area contributed by atoms with Gasteiger partial charge in [0.05, 0.1) is 12.1 Å². The van der Waals surface area contributed by atoms with E-state index >= 15 is 0 Å². The minimum Gasteiger partial charge on any atom is -0.482 e. The Morgan fingerprint density at radius 1 is 1.29 bits per heavy atom. The monoisotopic (exact) mass is 290 g/mol. The molecular formula is C16H22N2O3. The number of hydrogen-bond donors (Lipinski definition) is 1. The van der Waals surface area contributed by atoms with E-state index in [1.807, 2.05) is 17.0 Å². The number of carbonyl (C=O) groups is 2. The largest absolute Gasteiger partial charge is 0.482 e. The van der Waals surface area contributed by atoms with Crippen LogP contribution in [0.4, 0.5) is 5.69 Å². The van der Waals surface area contributed by atoms with Gasteiger partial charge in [0.25, 0.3) is 5.91 Å². The van der Waals surface area contributed by atoms with E-state index in [1.54, 1.807) is 6.07 Å². The fourth-order valence-corrected chi connectivity index (χ4v) is 2.43. The lowest BCUT2D eigenvalue weighted by atomic mass is 10.1. The number of fused-ring (bicyclic) bond motifs is 1. The zero-order valence-corrected chi connectivity index (χ0v) is 12.6. The van der Waals surface area contributed by atoms with E-state index in [1.165, 1.54) is 0 Å². The Labute approximate surface area is 125 Å². The first-order valence-electron chi connectivity index (χ1n) is 7.47. The van der Waals surface area contributed by atoms with Crippen molar-refractivity contribution < 1.29 is 14.3 Å². The van der Waals surface area contributed by atoms with Crippen LogP contribution in [0.3, 0.4) is 0 Å². The van der Waals surface area contributed by atoms with Crippen molar-refractivity contribution in [3.63, 3.8) is 0 Å². The normalized spacial score (nSPS) is 13.1. The van der Waals surface area contributed by atoms with E-state index < -0.39 is 0 Å². The predicted molar refractivity (Wildman–Crippen MR) is 81.4 cm³/mol. The van der Waals surface area contributed by atoms with Crippen molar-refractivity contribution >= 4 is 17.5 Å². The SMILES string of the molecule is CCCN(CCC)C(=O)Cc1ccc2c(c1)NC(=O)CO2. The summed E-state index contributed by atoms with van der Waals surface area (Å²) in [4.78, 5) is 25.6. The zero-order valence-electron chi connectivity index (χ0n) is 12.6. The minimum atomic E-state index is -0.162. The number of hydrogen-bond acceptors (Lipinski definition) is 3. The van der Waals surface area contributed by atoms with E-state index in [9.17, 15) is 9.59 Å². The molecule has 1 N–H and O–H groups in total. The highest BCUT2D eigenvalue weighted by Gasteiger charge is 2.18. The first-order chi connectivity index (χ1) is 10.1. The van der Waals surface area contributed by atoms with E-state index in [0.717, 1.165) is 31.5 Å². The molecule has 1 aliphatic heterocycles. The van der Waals surface area contributed by atoms with Crippen LogP contribution in [0.25, 0.3) is 0 Å². The van der Waals surface area contributed by atoms with Crippen LogP contribution in [0.2, 0.25) is 0 Å². The van der Waals surface area contributed by atoms with Crippen LogP contribution in [0.15, 0.2) is 18.2 Å². The van der Waals surface area contributed by atoms with Gasteiger partial charge in [-0.15, -0.1) is 0 Å². The third-order valence-electron chi connectivity index (χ3n) is 3.37. The third-order valence-corrected chi connectivity index (χ3v) is 3.37. The maximum absolute atomic E-state index is 12.3. The molecule has 0 fully saturated rings. The number of nitrogens with one attached hydrogen (secondary N) is 1. The van der Waals surface area contributed by atoms with Crippen LogP contribution in [0, 0.1) is 0 Å². The van der Waals surface area contributed by atoms with Crippen molar-refractivity contribution in [2.45, 2.75) is 33.1 Å². The number of nitrogens with zero attached hydrogens (tertiary/aromatic N) is 1. The summed E-state index contributed by atoms with van der Waals surface area (Å²) in [6.45, 7) is 5.77. The molecule has 0 saturated heterocycles. The first kappa shape index (κ1) is 15.4. The predicted octanol–water partition coefficient (Wildman–Crippen LogP) is 2.21. The number of amides is 2. The number of rotatable bonds is 6. The summed E-state index contributed by atoms with van der Waals surface area (Å²) in [7, 11) is 0. The molecule has 0 saturated carbocycles. The van der Waals surface area contributed by atoms with Gasteiger partial charge >= 0.3 is 0 Å². The summed E-state index contributed by atoms with van der Waals surface area (Å²) in [5.74, 6) is 0.621. The lowest BCUT2D eigenvalue weighted by Crippen LogP contribution is -2.33. The topological polar surface area (TPSA) is 58.6 Å². The van der Waals surface area contributed by atoms with E-state index in [-0.39, 0.29) is 18.4 Å². The summed E-state index contributed by atoms with van der Waals surface area (Å²) in [5, 5.41) is 2.76. The van der Waals surface area contributed by atoms with E-state index in [2.05, 4.69) is 19.2 Å². The molecule has 114 valence electrons. The maximum atomic E-state index is 12.3. The highest BCUT2D eigenvalue weighted by atomic mass is 16.5. The standard InChI is InChI=1S/C16H22N2O3/c1-3-7-18(8-4-2)16(20)10-12-5-6-14-13(9-12)17-15(19)11-21-14/h5-6,9H,3-4,7-8,10-11H2,1-2H3,(H,17,19). The van der Waals surface area contributed by atoms with Gasteiger partial charge in [0.15, 0.2) is 6.61 Å². The van der Waals surface area contributed by atoms with Crippen LogP contribution < -0.4 is 10.1 Å². The Hall–Kier alpha value is -2.04. The van der Waals surface area contributed by atoms with Gasteiger partial charge in [-0.05, 0) is 30.5 Å². The van der Waals surface area contributed by atoms with Crippen LogP contribution in [0.1, 0.15) is 32.3 Å². The first-order valence-corrected chi connectivity index (χ1v) is 7.47. The molecule has 2 rings (SSSR count). The van der Waals surface area contributed by atoms with Gasteiger partial charge < -0.3 is 15.0 Å². The Morgan fingerprint density at radius 3 is 2.67 bits per heavy atom. The van der Waals surface area contributed by atoms with Gasteiger partial charge in [-0.25, -0.2) is 0 Å². The fourth-order valence-electron chi connectivity index (χ4n) is 2.43. The van der Waals surface area contributed by atoms with E-state index in [4.69, 9.17) is 4.74 Å². The van der Waals surface area contributed by atoms with Gasteiger partial charge in [0.1, 0.15) is 5.75 Å². The second-order valence-corrected chi connectivity index (χ2v) is 5.22. The molecule has 5 heteroatoms. The molecule has 2 amide bonds. The summed E-state index contributed by atoms with van der Waals surface area (Å²) in [5.41, 5.74) is 1.54. The van der Waals surface area contributed by atoms with Gasteiger partial charge in [0, 0.05) is 13.1 Å². The molecule has 1 aromatic rings. The average molecular weight is 290 g/mol. The molecule has 0 radical (unpaired) electrons. The Balaban J connectivity index is 2.06.